The van der Waals surface area contributed by atoms with Gasteiger partial charge in [-0.3, -0.25) is 5.32 Å². The number of aromatic nitrogens is 2. The first kappa shape index (κ1) is 22.5. The number of carbonyl (C=O) groups is 1. The molecule has 0 aliphatic heterocycles. The lowest BCUT2D eigenvalue weighted by atomic mass is 10.2. The molecule has 1 heterocycles. The van der Waals surface area contributed by atoms with E-state index in [1.165, 1.54) is 0 Å². The van der Waals surface area contributed by atoms with Crippen LogP contribution in [-0.2, 0) is 11.3 Å². The van der Waals surface area contributed by atoms with E-state index in [0.717, 1.165) is 16.6 Å². The van der Waals surface area contributed by atoms with Gasteiger partial charge in [0.1, 0.15) is 17.1 Å². The summed E-state index contributed by atoms with van der Waals surface area (Å²) in [6.45, 7) is 5.96. The number of nitrogens with two attached hydrogens (primary N) is 1. The van der Waals surface area contributed by atoms with Crippen molar-refractivity contribution in [2.24, 2.45) is 0 Å². The maximum atomic E-state index is 12.1. The lowest BCUT2D eigenvalue weighted by molar-refractivity contribution is 0.0636. The van der Waals surface area contributed by atoms with Crippen LogP contribution in [0.1, 0.15) is 26.3 Å². The second-order valence-corrected chi connectivity index (χ2v) is 9.02. The van der Waals surface area contributed by atoms with E-state index in [4.69, 9.17) is 26.8 Å². The molecule has 1 aromatic heterocycles. The van der Waals surface area contributed by atoms with Gasteiger partial charge in [0.2, 0.25) is 5.95 Å². The van der Waals surface area contributed by atoms with E-state index in [9.17, 15) is 4.79 Å². The molecule has 3 aromatic carbocycles. The number of nitrogen functional groups attached to an aromatic ring is 1. The first-order chi connectivity index (χ1) is 15.7. The Kier molecular flexibility index (Phi) is 6.16. The molecular weight excluding hydrogens is 440 g/mol. The number of fused-ring (bicyclic) bond motifs is 1. The van der Waals surface area contributed by atoms with Gasteiger partial charge in [-0.2, -0.15) is 0 Å². The first-order valence-electron chi connectivity index (χ1n) is 10.4. The van der Waals surface area contributed by atoms with Crippen LogP contribution in [0.15, 0.2) is 66.7 Å². The highest BCUT2D eigenvalue weighted by Gasteiger charge is 2.17. The molecule has 0 atom stereocenters. The third kappa shape index (κ3) is 5.75. The van der Waals surface area contributed by atoms with Gasteiger partial charge in [0.25, 0.3) is 0 Å². The van der Waals surface area contributed by atoms with Crippen molar-refractivity contribution in [2.75, 3.05) is 11.1 Å². The number of carbonyl (C=O) groups excluding carboxylic acids is 1. The fourth-order valence-corrected chi connectivity index (χ4v) is 3.42. The lowest BCUT2D eigenvalue weighted by Crippen LogP contribution is -2.27. The molecule has 0 saturated heterocycles. The van der Waals surface area contributed by atoms with Crippen LogP contribution < -0.4 is 15.8 Å². The molecule has 0 unspecified atom stereocenters. The minimum Gasteiger partial charge on any atom is -0.457 e. The van der Waals surface area contributed by atoms with Crippen molar-refractivity contribution in [1.29, 1.82) is 0 Å². The van der Waals surface area contributed by atoms with Gasteiger partial charge in [0, 0.05) is 10.7 Å². The summed E-state index contributed by atoms with van der Waals surface area (Å²) in [7, 11) is 0. The second kappa shape index (κ2) is 9.03. The van der Waals surface area contributed by atoms with Crippen LogP contribution in [0.25, 0.3) is 11.0 Å². The number of nitrogens with zero attached hydrogens (tertiary/aromatic N) is 2. The van der Waals surface area contributed by atoms with Crippen LogP contribution in [0.4, 0.5) is 16.4 Å². The molecule has 0 aliphatic rings. The Bertz CT molecular complexity index is 1280. The van der Waals surface area contributed by atoms with Crippen molar-refractivity contribution in [3.8, 4) is 11.5 Å². The summed E-state index contributed by atoms with van der Waals surface area (Å²) in [6.07, 6.45) is -0.517. The van der Waals surface area contributed by atoms with Crippen LogP contribution in [0.5, 0.6) is 11.5 Å². The Hall–Kier alpha value is -3.71. The zero-order valence-corrected chi connectivity index (χ0v) is 19.4. The van der Waals surface area contributed by atoms with E-state index >= 15 is 0 Å². The standard InChI is InChI=1S/C25H25ClN4O3/c1-25(2,3)33-24(31)28-18-8-13-21-22(14-18)30(23(27)29-21)15-16-4-9-19(10-5-16)32-20-11-6-17(26)7-12-20/h4-14H,15H2,1-3H3,(H2,27,29)(H,28,31). The summed E-state index contributed by atoms with van der Waals surface area (Å²) in [5, 5.41) is 3.42. The van der Waals surface area contributed by atoms with Gasteiger partial charge >= 0.3 is 6.09 Å². The van der Waals surface area contributed by atoms with Gasteiger partial charge in [0.15, 0.2) is 0 Å². The van der Waals surface area contributed by atoms with Crippen LogP contribution in [-0.4, -0.2) is 21.2 Å². The fourth-order valence-electron chi connectivity index (χ4n) is 3.29. The molecule has 33 heavy (non-hydrogen) atoms. The molecule has 0 spiro atoms. The molecule has 0 fully saturated rings. The van der Waals surface area contributed by atoms with Crippen molar-refractivity contribution in [3.63, 3.8) is 0 Å². The third-order valence-corrected chi connectivity index (χ3v) is 4.99. The number of nitrogens with one attached hydrogen (secondary N) is 1. The SMILES string of the molecule is CC(C)(C)OC(=O)Nc1ccc2nc(N)n(Cc3ccc(Oc4ccc(Cl)cc4)cc3)c2c1. The molecule has 4 aromatic rings. The Labute approximate surface area is 197 Å². The predicted octanol–water partition coefficient (Wildman–Crippen LogP) is 6.46. The van der Waals surface area contributed by atoms with Crippen molar-refractivity contribution >= 4 is 40.4 Å². The first-order valence-corrected chi connectivity index (χ1v) is 10.8. The Morgan fingerprint density at radius 2 is 1.67 bits per heavy atom. The van der Waals surface area contributed by atoms with Crippen LogP contribution >= 0.6 is 11.6 Å². The molecule has 1 amide bonds. The van der Waals surface area contributed by atoms with Crippen LogP contribution in [0.3, 0.4) is 0 Å². The highest BCUT2D eigenvalue weighted by molar-refractivity contribution is 6.30. The molecule has 0 radical (unpaired) electrons. The number of anilines is 2. The highest BCUT2D eigenvalue weighted by atomic mass is 35.5. The topological polar surface area (TPSA) is 91.4 Å². The zero-order chi connectivity index (χ0) is 23.6. The number of hydrogen-bond donors (Lipinski definition) is 2. The smallest absolute Gasteiger partial charge is 0.412 e. The van der Waals surface area contributed by atoms with Gasteiger partial charge in [-0.05, 0) is 80.9 Å². The molecular formula is C25H25ClN4O3. The maximum Gasteiger partial charge on any atom is 0.412 e. The van der Waals surface area contributed by atoms with Gasteiger partial charge in [-0.25, -0.2) is 9.78 Å². The number of imidazole rings is 1. The minimum absolute atomic E-state index is 0.390. The molecule has 4 rings (SSSR count). The van der Waals surface area contributed by atoms with E-state index in [-0.39, 0.29) is 0 Å². The molecule has 0 bridgehead atoms. The summed E-state index contributed by atoms with van der Waals surface area (Å²) in [6, 6.07) is 20.4. The average molecular weight is 465 g/mol. The summed E-state index contributed by atoms with van der Waals surface area (Å²) < 4.78 is 13.1. The highest BCUT2D eigenvalue weighted by Crippen LogP contribution is 2.26. The maximum absolute atomic E-state index is 12.1. The Balaban J connectivity index is 1.51. The van der Waals surface area contributed by atoms with E-state index in [2.05, 4.69) is 10.3 Å². The number of rotatable bonds is 5. The minimum atomic E-state index is -0.580. The average Bonchev–Trinajstić information content (AvgIpc) is 3.04. The summed E-state index contributed by atoms with van der Waals surface area (Å²) in [5.41, 5.74) is 8.78. The van der Waals surface area contributed by atoms with Crippen LogP contribution in [0.2, 0.25) is 5.02 Å². The van der Waals surface area contributed by atoms with Crippen molar-refractivity contribution in [2.45, 2.75) is 32.9 Å². The molecule has 3 N–H and O–H groups in total. The molecule has 0 aliphatic carbocycles. The molecule has 8 heteroatoms. The molecule has 0 saturated carbocycles. The largest absolute Gasteiger partial charge is 0.457 e. The number of benzene rings is 3. The monoisotopic (exact) mass is 464 g/mol. The van der Waals surface area contributed by atoms with E-state index in [1.807, 2.05) is 73.9 Å². The third-order valence-electron chi connectivity index (χ3n) is 4.74. The molecule has 7 nitrogen and oxygen atoms in total. The van der Waals surface area contributed by atoms with Gasteiger partial charge in [-0.1, -0.05) is 23.7 Å². The van der Waals surface area contributed by atoms with Crippen molar-refractivity contribution in [3.05, 3.63) is 77.3 Å². The predicted molar refractivity (Wildman–Crippen MR) is 131 cm³/mol. The number of ether oxygens (including phenoxy) is 2. The van der Waals surface area contributed by atoms with Gasteiger partial charge in [-0.15, -0.1) is 0 Å². The fraction of sp³-hybridized carbons (Fsp3) is 0.200. The quantitative estimate of drug-likeness (QED) is 0.353. The summed E-state index contributed by atoms with van der Waals surface area (Å²) in [4.78, 5) is 16.6. The van der Waals surface area contributed by atoms with E-state index in [0.29, 0.717) is 34.7 Å². The Morgan fingerprint density at radius 3 is 2.30 bits per heavy atom. The second-order valence-electron chi connectivity index (χ2n) is 8.59. The van der Waals surface area contributed by atoms with Gasteiger partial charge < -0.3 is 19.8 Å². The molecule has 170 valence electrons. The summed E-state index contributed by atoms with van der Waals surface area (Å²) >= 11 is 5.92. The number of amides is 1. The van der Waals surface area contributed by atoms with Crippen molar-refractivity contribution < 1.29 is 14.3 Å². The van der Waals surface area contributed by atoms with Gasteiger partial charge in [0.05, 0.1) is 17.6 Å². The normalized spacial score (nSPS) is 11.4. The Morgan fingerprint density at radius 1 is 1.03 bits per heavy atom. The van der Waals surface area contributed by atoms with Crippen molar-refractivity contribution in [1.82, 2.24) is 9.55 Å². The number of hydrogen-bond acceptors (Lipinski definition) is 5. The number of halogens is 1. The van der Waals surface area contributed by atoms with E-state index in [1.54, 1.807) is 18.2 Å². The van der Waals surface area contributed by atoms with Crippen LogP contribution in [0, 0.1) is 0 Å². The summed E-state index contributed by atoms with van der Waals surface area (Å²) in [5.74, 6) is 1.82. The lowest BCUT2D eigenvalue weighted by Gasteiger charge is -2.19. The zero-order valence-electron chi connectivity index (χ0n) is 18.6. The van der Waals surface area contributed by atoms with E-state index < -0.39 is 11.7 Å².